The summed E-state index contributed by atoms with van der Waals surface area (Å²) in [5.41, 5.74) is 0. The smallest absolute Gasteiger partial charge is 0.306 e. The van der Waals surface area contributed by atoms with Crippen molar-refractivity contribution in [3.05, 3.63) is 0 Å². The predicted molar refractivity (Wildman–Crippen MR) is 66.8 cm³/mol. The first-order chi connectivity index (χ1) is 7.59. The first-order valence-electron chi connectivity index (χ1n) is 6.18. The summed E-state index contributed by atoms with van der Waals surface area (Å²) in [5.74, 6) is 0.843. The van der Waals surface area contributed by atoms with Gasteiger partial charge in [-0.15, -0.1) is 0 Å². The number of hydrogen-bond acceptors (Lipinski definition) is 3. The minimum absolute atomic E-state index is 0.178. The number of thioether (sulfide) groups is 1. The molecule has 16 heavy (non-hydrogen) atoms. The van der Waals surface area contributed by atoms with Crippen LogP contribution in [-0.4, -0.2) is 46.1 Å². The van der Waals surface area contributed by atoms with Gasteiger partial charge in [0, 0.05) is 24.4 Å². The molecule has 0 bridgehead atoms. The highest BCUT2D eigenvalue weighted by molar-refractivity contribution is 7.99. The number of carboxylic acid groups (broad SMARTS) is 1. The molecule has 3 unspecified atom stereocenters. The molecule has 2 rings (SSSR count). The van der Waals surface area contributed by atoms with Crippen molar-refractivity contribution in [1.29, 1.82) is 0 Å². The Hall–Kier alpha value is -0.220. The van der Waals surface area contributed by atoms with Crippen molar-refractivity contribution in [2.45, 2.75) is 38.0 Å². The van der Waals surface area contributed by atoms with E-state index in [0.29, 0.717) is 12.0 Å². The third-order valence-electron chi connectivity index (χ3n) is 4.07. The molecule has 92 valence electrons. The van der Waals surface area contributed by atoms with Gasteiger partial charge in [0.05, 0.1) is 5.92 Å². The van der Waals surface area contributed by atoms with Crippen molar-refractivity contribution in [2.75, 3.05) is 18.8 Å². The van der Waals surface area contributed by atoms with Crippen LogP contribution in [0.15, 0.2) is 0 Å². The Labute approximate surface area is 102 Å². The number of carbonyl (C=O) groups is 1. The van der Waals surface area contributed by atoms with E-state index in [2.05, 4.69) is 23.6 Å². The summed E-state index contributed by atoms with van der Waals surface area (Å²) >= 11 is 2.06. The van der Waals surface area contributed by atoms with E-state index in [4.69, 9.17) is 5.11 Å². The highest BCUT2D eigenvalue weighted by Crippen LogP contribution is 2.34. The van der Waals surface area contributed by atoms with E-state index in [-0.39, 0.29) is 5.92 Å². The molecule has 4 heteroatoms. The zero-order valence-corrected chi connectivity index (χ0v) is 10.9. The van der Waals surface area contributed by atoms with Crippen molar-refractivity contribution >= 4 is 17.7 Å². The fourth-order valence-electron chi connectivity index (χ4n) is 2.72. The zero-order valence-electron chi connectivity index (χ0n) is 10.1. The Morgan fingerprint density at radius 1 is 1.50 bits per heavy atom. The molecule has 0 amide bonds. The highest BCUT2D eigenvalue weighted by Gasteiger charge is 2.40. The zero-order chi connectivity index (χ0) is 11.7. The number of rotatable bonds is 3. The number of aliphatic carboxylic acids is 1. The van der Waals surface area contributed by atoms with E-state index >= 15 is 0 Å². The van der Waals surface area contributed by atoms with E-state index in [9.17, 15) is 4.79 Å². The van der Waals surface area contributed by atoms with Crippen molar-refractivity contribution < 1.29 is 9.90 Å². The van der Waals surface area contributed by atoms with Gasteiger partial charge in [-0.1, -0.05) is 13.8 Å². The minimum atomic E-state index is -0.643. The second-order valence-corrected chi connectivity index (χ2v) is 6.61. The molecule has 1 N–H and O–H groups in total. The molecule has 2 saturated heterocycles. The van der Waals surface area contributed by atoms with E-state index in [1.807, 2.05) is 6.92 Å². The maximum absolute atomic E-state index is 10.9. The molecule has 2 aliphatic heterocycles. The first-order valence-corrected chi connectivity index (χ1v) is 7.23. The SMILES string of the molecule is CC1SCCCC1N1CC(C(C)C(=O)O)C1. The van der Waals surface area contributed by atoms with Crippen LogP contribution in [0.5, 0.6) is 0 Å². The predicted octanol–water partition coefficient (Wildman–Crippen LogP) is 1.92. The quantitative estimate of drug-likeness (QED) is 0.822. The number of nitrogens with zero attached hydrogens (tertiary/aromatic N) is 1. The largest absolute Gasteiger partial charge is 0.481 e. The topological polar surface area (TPSA) is 40.5 Å². The van der Waals surface area contributed by atoms with Crippen molar-refractivity contribution in [1.82, 2.24) is 4.90 Å². The summed E-state index contributed by atoms with van der Waals surface area (Å²) in [4.78, 5) is 13.3. The van der Waals surface area contributed by atoms with E-state index in [1.165, 1.54) is 18.6 Å². The first kappa shape index (κ1) is 12.2. The average molecular weight is 243 g/mol. The molecule has 0 spiro atoms. The third kappa shape index (κ3) is 2.38. The molecule has 2 aliphatic rings. The fraction of sp³-hybridized carbons (Fsp3) is 0.917. The molecule has 0 aromatic rings. The van der Waals surface area contributed by atoms with Gasteiger partial charge in [0.25, 0.3) is 0 Å². The summed E-state index contributed by atoms with van der Waals surface area (Å²) in [6.45, 7) is 6.12. The van der Waals surface area contributed by atoms with Gasteiger partial charge in [0.1, 0.15) is 0 Å². The lowest BCUT2D eigenvalue weighted by Crippen LogP contribution is -2.58. The maximum Gasteiger partial charge on any atom is 0.306 e. The molecule has 0 aliphatic carbocycles. The Bertz CT molecular complexity index is 266. The van der Waals surface area contributed by atoms with Gasteiger partial charge in [-0.25, -0.2) is 0 Å². The molecular formula is C12H21NO2S. The van der Waals surface area contributed by atoms with Gasteiger partial charge in [0.2, 0.25) is 0 Å². The van der Waals surface area contributed by atoms with Crippen molar-refractivity contribution in [3.8, 4) is 0 Å². The normalized spacial score (nSPS) is 34.4. The average Bonchev–Trinajstić information content (AvgIpc) is 2.18. The summed E-state index contributed by atoms with van der Waals surface area (Å²) in [6, 6.07) is 0.691. The molecular weight excluding hydrogens is 222 g/mol. The molecule has 3 nitrogen and oxygen atoms in total. The van der Waals surface area contributed by atoms with Crippen LogP contribution >= 0.6 is 11.8 Å². The number of carboxylic acids is 1. The third-order valence-corrected chi connectivity index (χ3v) is 5.43. The molecule has 0 aromatic heterocycles. The standard InChI is InChI=1S/C12H21NO2S/c1-8(12(14)15)10-6-13(7-10)11-4-3-5-16-9(11)2/h8-11H,3-7H2,1-2H3,(H,14,15). The van der Waals surface area contributed by atoms with E-state index in [0.717, 1.165) is 18.3 Å². The summed E-state index contributed by atoms with van der Waals surface area (Å²) in [6.07, 6.45) is 2.61. The number of hydrogen-bond donors (Lipinski definition) is 1. The summed E-state index contributed by atoms with van der Waals surface area (Å²) in [5, 5.41) is 9.66. The van der Waals surface area contributed by atoms with Crippen molar-refractivity contribution in [3.63, 3.8) is 0 Å². The van der Waals surface area contributed by atoms with Gasteiger partial charge in [0.15, 0.2) is 0 Å². The summed E-state index contributed by atoms with van der Waals surface area (Å²) < 4.78 is 0. The van der Waals surface area contributed by atoms with Crippen LogP contribution in [0.1, 0.15) is 26.7 Å². The van der Waals surface area contributed by atoms with E-state index in [1.54, 1.807) is 0 Å². The van der Waals surface area contributed by atoms with Crippen LogP contribution < -0.4 is 0 Å². The number of likely N-dealkylation sites (tertiary alicyclic amines) is 1. The van der Waals surface area contributed by atoms with Crippen LogP contribution in [0, 0.1) is 11.8 Å². The molecule has 2 fully saturated rings. The second kappa shape index (κ2) is 4.96. The molecule has 0 radical (unpaired) electrons. The fourth-order valence-corrected chi connectivity index (χ4v) is 3.96. The van der Waals surface area contributed by atoms with Gasteiger partial charge in [-0.3, -0.25) is 9.69 Å². The monoisotopic (exact) mass is 243 g/mol. The van der Waals surface area contributed by atoms with Crippen molar-refractivity contribution in [2.24, 2.45) is 11.8 Å². The Morgan fingerprint density at radius 2 is 2.19 bits per heavy atom. The molecule has 0 saturated carbocycles. The Kier molecular flexibility index (Phi) is 3.80. The van der Waals surface area contributed by atoms with Gasteiger partial charge in [-0.2, -0.15) is 11.8 Å². The molecule has 0 aromatic carbocycles. The van der Waals surface area contributed by atoms with Gasteiger partial charge < -0.3 is 5.11 Å². The lowest BCUT2D eigenvalue weighted by molar-refractivity contribution is -0.146. The summed E-state index contributed by atoms with van der Waals surface area (Å²) in [7, 11) is 0. The van der Waals surface area contributed by atoms with Crippen LogP contribution in [0.2, 0.25) is 0 Å². The molecule has 3 atom stereocenters. The Balaban J connectivity index is 1.81. The lowest BCUT2D eigenvalue weighted by Gasteiger charge is -2.49. The van der Waals surface area contributed by atoms with Crippen LogP contribution in [-0.2, 0) is 4.79 Å². The Morgan fingerprint density at radius 3 is 2.75 bits per heavy atom. The van der Waals surface area contributed by atoms with Gasteiger partial charge in [-0.05, 0) is 24.5 Å². The second-order valence-electron chi connectivity index (χ2n) is 5.13. The van der Waals surface area contributed by atoms with Crippen LogP contribution in [0.4, 0.5) is 0 Å². The van der Waals surface area contributed by atoms with Crippen LogP contribution in [0.25, 0.3) is 0 Å². The lowest BCUT2D eigenvalue weighted by atomic mass is 9.85. The van der Waals surface area contributed by atoms with E-state index < -0.39 is 5.97 Å². The van der Waals surface area contributed by atoms with Gasteiger partial charge >= 0.3 is 5.97 Å². The minimum Gasteiger partial charge on any atom is -0.481 e. The molecule has 2 heterocycles. The highest BCUT2D eigenvalue weighted by atomic mass is 32.2. The van der Waals surface area contributed by atoms with Crippen LogP contribution in [0.3, 0.4) is 0 Å². The maximum atomic E-state index is 10.9.